The van der Waals surface area contributed by atoms with Crippen molar-refractivity contribution in [1.29, 1.82) is 0 Å². The lowest BCUT2D eigenvalue weighted by Gasteiger charge is -2.42. The molecule has 0 fully saturated rings. The maximum absolute atomic E-state index is 4.69. The van der Waals surface area contributed by atoms with E-state index < -0.39 is 0 Å². The zero-order valence-corrected chi connectivity index (χ0v) is 11.8. The summed E-state index contributed by atoms with van der Waals surface area (Å²) < 4.78 is 0. The predicted octanol–water partition coefficient (Wildman–Crippen LogP) is 4.43. The topological polar surface area (TPSA) is 12.9 Å². The van der Waals surface area contributed by atoms with Gasteiger partial charge in [-0.25, -0.2) is 0 Å². The third-order valence-corrected chi connectivity index (χ3v) is 4.23. The van der Waals surface area contributed by atoms with Crippen LogP contribution >= 0.6 is 0 Å². The van der Waals surface area contributed by atoms with E-state index in [0.717, 1.165) is 5.92 Å². The lowest BCUT2D eigenvalue weighted by molar-refractivity contribution is 0.147. The highest BCUT2D eigenvalue weighted by Crippen LogP contribution is 2.47. The molecule has 0 radical (unpaired) electrons. The van der Waals surface area contributed by atoms with Gasteiger partial charge in [-0.1, -0.05) is 40.7 Å². The van der Waals surface area contributed by atoms with Gasteiger partial charge in [-0.2, -0.15) is 0 Å². The van der Waals surface area contributed by atoms with Crippen molar-refractivity contribution < 1.29 is 0 Å². The molecule has 2 atom stereocenters. The van der Waals surface area contributed by atoms with Crippen LogP contribution in [0.4, 0.5) is 0 Å². The van der Waals surface area contributed by atoms with E-state index in [4.69, 9.17) is 0 Å². The molecule has 1 heteroatoms. The molecule has 0 saturated carbocycles. The zero-order chi connectivity index (χ0) is 12.6. The van der Waals surface area contributed by atoms with Gasteiger partial charge in [0.25, 0.3) is 0 Å². The quantitative estimate of drug-likeness (QED) is 0.696. The van der Waals surface area contributed by atoms with Crippen LogP contribution in [0.15, 0.2) is 18.3 Å². The van der Waals surface area contributed by atoms with Crippen molar-refractivity contribution in [1.82, 2.24) is 4.98 Å². The maximum Gasteiger partial charge on any atom is 0.0471 e. The van der Waals surface area contributed by atoms with Gasteiger partial charge in [-0.05, 0) is 41.7 Å². The summed E-state index contributed by atoms with van der Waals surface area (Å²) in [5.74, 6) is 2.05. The van der Waals surface area contributed by atoms with Gasteiger partial charge >= 0.3 is 0 Å². The van der Waals surface area contributed by atoms with Crippen LogP contribution in [0.3, 0.4) is 0 Å². The van der Waals surface area contributed by atoms with Crippen molar-refractivity contribution in [2.75, 3.05) is 0 Å². The van der Waals surface area contributed by atoms with E-state index in [1.165, 1.54) is 24.1 Å². The highest BCUT2D eigenvalue weighted by atomic mass is 14.7. The number of aromatic nitrogens is 1. The highest BCUT2D eigenvalue weighted by molar-refractivity contribution is 5.28. The molecule has 0 aromatic carbocycles. The number of pyridine rings is 1. The third kappa shape index (κ3) is 2.38. The van der Waals surface area contributed by atoms with Gasteiger partial charge in [-0.3, -0.25) is 4.98 Å². The normalized spacial score (nSPS) is 24.8. The summed E-state index contributed by atoms with van der Waals surface area (Å²) in [6.07, 6.45) is 4.47. The largest absolute Gasteiger partial charge is 0.261 e. The molecule has 17 heavy (non-hydrogen) atoms. The van der Waals surface area contributed by atoms with Crippen LogP contribution in [-0.2, 0) is 6.42 Å². The van der Waals surface area contributed by atoms with Gasteiger partial charge in [0, 0.05) is 17.8 Å². The fourth-order valence-corrected chi connectivity index (χ4v) is 3.40. The molecule has 94 valence electrons. The Bertz CT molecular complexity index is 387. The standard InChI is InChI=1S/C16H25N/c1-11(2)14-13(16(3,4)5)9-8-12-7-6-10-17-15(12)14/h6-7,10-11,13-14H,8-9H2,1-5H3. The van der Waals surface area contributed by atoms with Crippen LogP contribution < -0.4 is 0 Å². The Morgan fingerprint density at radius 3 is 2.59 bits per heavy atom. The minimum atomic E-state index is 0.379. The molecule has 1 aromatic heterocycles. The predicted molar refractivity (Wildman–Crippen MR) is 73.1 cm³/mol. The van der Waals surface area contributed by atoms with E-state index >= 15 is 0 Å². The van der Waals surface area contributed by atoms with E-state index in [9.17, 15) is 0 Å². The van der Waals surface area contributed by atoms with Crippen LogP contribution in [0.25, 0.3) is 0 Å². The molecule has 0 spiro atoms. The Labute approximate surface area is 106 Å². The molecular formula is C16H25N. The van der Waals surface area contributed by atoms with Gasteiger partial charge in [0.2, 0.25) is 0 Å². The number of hydrogen-bond donors (Lipinski definition) is 0. The molecule has 1 nitrogen and oxygen atoms in total. The van der Waals surface area contributed by atoms with E-state index in [2.05, 4.69) is 51.7 Å². The summed E-state index contributed by atoms with van der Waals surface area (Å²) >= 11 is 0. The van der Waals surface area contributed by atoms with Gasteiger partial charge in [-0.15, -0.1) is 0 Å². The first-order valence-corrected chi connectivity index (χ1v) is 6.85. The Balaban J connectivity index is 2.43. The molecule has 0 aliphatic heterocycles. The first-order chi connectivity index (χ1) is 7.91. The molecule has 2 unspecified atom stereocenters. The second-order valence-corrected chi connectivity index (χ2v) is 6.83. The lowest BCUT2D eigenvalue weighted by Crippen LogP contribution is -2.34. The number of rotatable bonds is 1. The molecule has 1 aromatic rings. The fraction of sp³-hybridized carbons (Fsp3) is 0.688. The highest BCUT2D eigenvalue weighted by Gasteiger charge is 2.38. The van der Waals surface area contributed by atoms with E-state index in [0.29, 0.717) is 17.3 Å². The van der Waals surface area contributed by atoms with Crippen LogP contribution in [0.5, 0.6) is 0 Å². The molecular weight excluding hydrogens is 206 g/mol. The summed E-state index contributed by atoms with van der Waals surface area (Å²) in [5.41, 5.74) is 3.23. The van der Waals surface area contributed by atoms with Crippen LogP contribution in [0, 0.1) is 17.3 Å². The summed E-state index contributed by atoms with van der Waals surface area (Å²) in [5, 5.41) is 0. The molecule has 0 amide bonds. The summed E-state index contributed by atoms with van der Waals surface area (Å²) in [7, 11) is 0. The van der Waals surface area contributed by atoms with Crippen molar-refractivity contribution in [3.05, 3.63) is 29.6 Å². The van der Waals surface area contributed by atoms with Crippen molar-refractivity contribution in [3.63, 3.8) is 0 Å². The first kappa shape index (κ1) is 12.6. The Morgan fingerprint density at radius 2 is 2.00 bits per heavy atom. The Kier molecular flexibility index (Phi) is 3.29. The average Bonchev–Trinajstić information content (AvgIpc) is 2.26. The van der Waals surface area contributed by atoms with Crippen LogP contribution in [0.2, 0.25) is 0 Å². The smallest absolute Gasteiger partial charge is 0.0471 e. The zero-order valence-electron chi connectivity index (χ0n) is 11.8. The first-order valence-electron chi connectivity index (χ1n) is 6.85. The monoisotopic (exact) mass is 231 g/mol. The molecule has 1 aliphatic rings. The van der Waals surface area contributed by atoms with Gasteiger partial charge < -0.3 is 0 Å². The van der Waals surface area contributed by atoms with Crippen LogP contribution in [0.1, 0.15) is 58.2 Å². The number of aryl methyl sites for hydroxylation is 1. The van der Waals surface area contributed by atoms with Gasteiger partial charge in [0.1, 0.15) is 0 Å². The average molecular weight is 231 g/mol. The summed E-state index contributed by atoms with van der Waals surface area (Å²) in [4.78, 5) is 4.69. The SMILES string of the molecule is CC(C)C1c2ncccc2CCC1C(C)(C)C. The lowest BCUT2D eigenvalue weighted by atomic mass is 9.63. The van der Waals surface area contributed by atoms with Crippen molar-refractivity contribution in [3.8, 4) is 0 Å². The number of nitrogens with zero attached hydrogens (tertiary/aromatic N) is 1. The van der Waals surface area contributed by atoms with E-state index in [-0.39, 0.29) is 0 Å². The Hall–Kier alpha value is -0.850. The van der Waals surface area contributed by atoms with E-state index in [1.54, 1.807) is 0 Å². The summed E-state index contributed by atoms with van der Waals surface area (Å²) in [6.45, 7) is 11.8. The number of fused-ring (bicyclic) bond motifs is 1. The van der Waals surface area contributed by atoms with Crippen molar-refractivity contribution >= 4 is 0 Å². The molecule has 0 bridgehead atoms. The van der Waals surface area contributed by atoms with Gasteiger partial charge in [0.15, 0.2) is 0 Å². The minimum Gasteiger partial charge on any atom is -0.261 e. The van der Waals surface area contributed by atoms with E-state index in [1.807, 2.05) is 6.20 Å². The second-order valence-electron chi connectivity index (χ2n) is 6.83. The molecule has 2 rings (SSSR count). The number of hydrogen-bond acceptors (Lipinski definition) is 1. The van der Waals surface area contributed by atoms with Crippen molar-refractivity contribution in [2.45, 2.75) is 53.4 Å². The summed E-state index contributed by atoms with van der Waals surface area (Å²) in [6, 6.07) is 4.34. The van der Waals surface area contributed by atoms with Gasteiger partial charge in [0.05, 0.1) is 0 Å². The molecule has 0 saturated heterocycles. The molecule has 1 aliphatic carbocycles. The molecule has 0 N–H and O–H groups in total. The second kappa shape index (κ2) is 4.44. The minimum absolute atomic E-state index is 0.379. The molecule has 1 heterocycles. The van der Waals surface area contributed by atoms with Crippen molar-refractivity contribution in [2.24, 2.45) is 17.3 Å². The fourth-order valence-electron chi connectivity index (χ4n) is 3.40. The Morgan fingerprint density at radius 1 is 1.29 bits per heavy atom. The third-order valence-electron chi connectivity index (χ3n) is 4.23. The van der Waals surface area contributed by atoms with Crippen LogP contribution in [-0.4, -0.2) is 4.98 Å². The maximum atomic E-state index is 4.69.